The summed E-state index contributed by atoms with van der Waals surface area (Å²) >= 11 is 0. The quantitative estimate of drug-likeness (QED) is 0.586. The number of nitrogens with one attached hydrogen (secondary N) is 1. The fourth-order valence-electron chi connectivity index (χ4n) is 2.88. The maximum Gasteiger partial charge on any atom is 0.312 e. The summed E-state index contributed by atoms with van der Waals surface area (Å²) in [5.41, 5.74) is -0.422. The van der Waals surface area contributed by atoms with E-state index in [9.17, 15) is 4.79 Å². The monoisotopic (exact) mass is 255 g/mol. The van der Waals surface area contributed by atoms with Crippen LogP contribution in [0.1, 0.15) is 52.9 Å². The number of carbonyl (C=O) groups is 1. The summed E-state index contributed by atoms with van der Waals surface area (Å²) in [6.07, 6.45) is 6.79. The molecule has 3 heteroatoms. The lowest BCUT2D eigenvalue weighted by atomic mass is 9.81. The second-order valence-electron chi connectivity index (χ2n) is 6.48. The van der Waals surface area contributed by atoms with Crippen LogP contribution < -0.4 is 5.32 Å². The van der Waals surface area contributed by atoms with Gasteiger partial charge >= 0.3 is 5.97 Å². The Morgan fingerprint density at radius 2 is 2.11 bits per heavy atom. The van der Waals surface area contributed by atoms with Crippen LogP contribution in [-0.2, 0) is 9.53 Å². The summed E-state index contributed by atoms with van der Waals surface area (Å²) in [6, 6.07) is 0. The lowest BCUT2D eigenvalue weighted by Gasteiger charge is -2.27. The molecule has 0 aliphatic heterocycles. The van der Waals surface area contributed by atoms with Gasteiger partial charge < -0.3 is 10.1 Å². The van der Waals surface area contributed by atoms with Crippen LogP contribution in [0.5, 0.6) is 0 Å². The van der Waals surface area contributed by atoms with Gasteiger partial charge in [-0.2, -0.15) is 0 Å². The van der Waals surface area contributed by atoms with E-state index in [-0.39, 0.29) is 5.97 Å². The molecule has 3 nitrogen and oxygen atoms in total. The van der Waals surface area contributed by atoms with Crippen LogP contribution in [0, 0.1) is 17.3 Å². The van der Waals surface area contributed by atoms with Crippen molar-refractivity contribution in [3.8, 4) is 0 Å². The van der Waals surface area contributed by atoms with E-state index in [4.69, 9.17) is 4.74 Å². The first-order valence-corrected chi connectivity index (χ1v) is 7.25. The smallest absolute Gasteiger partial charge is 0.312 e. The number of carbonyl (C=O) groups excluding carboxylic acids is 1. The first kappa shape index (κ1) is 15.5. The first-order valence-electron chi connectivity index (χ1n) is 7.25. The topological polar surface area (TPSA) is 38.3 Å². The molecule has 0 radical (unpaired) electrons. The summed E-state index contributed by atoms with van der Waals surface area (Å²) in [7, 11) is 1.45. The van der Waals surface area contributed by atoms with Gasteiger partial charge in [-0.25, -0.2) is 0 Å². The molecule has 2 atom stereocenters. The Bertz CT molecular complexity index is 263. The van der Waals surface area contributed by atoms with Crippen LogP contribution in [0.4, 0.5) is 0 Å². The third-order valence-corrected chi connectivity index (χ3v) is 4.08. The van der Waals surface area contributed by atoms with Gasteiger partial charge in [-0.1, -0.05) is 26.2 Å². The average molecular weight is 255 g/mol. The maximum absolute atomic E-state index is 11.5. The molecule has 0 saturated heterocycles. The van der Waals surface area contributed by atoms with Gasteiger partial charge in [0, 0.05) is 6.54 Å². The van der Waals surface area contributed by atoms with E-state index in [0.29, 0.717) is 6.54 Å². The molecule has 18 heavy (non-hydrogen) atoms. The molecule has 0 aromatic carbocycles. The number of hydrogen-bond donors (Lipinski definition) is 1. The minimum absolute atomic E-state index is 0.138. The van der Waals surface area contributed by atoms with E-state index >= 15 is 0 Å². The van der Waals surface area contributed by atoms with Gasteiger partial charge in [0.15, 0.2) is 0 Å². The molecule has 1 saturated carbocycles. The summed E-state index contributed by atoms with van der Waals surface area (Å²) in [5, 5.41) is 3.40. The fourth-order valence-corrected chi connectivity index (χ4v) is 2.88. The van der Waals surface area contributed by atoms with Crippen LogP contribution in [-0.4, -0.2) is 26.2 Å². The lowest BCUT2D eigenvalue weighted by Crippen LogP contribution is -2.37. The predicted octanol–water partition coefficient (Wildman–Crippen LogP) is 2.99. The molecule has 0 aromatic rings. The second kappa shape index (κ2) is 7.13. The zero-order chi connectivity index (χ0) is 13.6. The van der Waals surface area contributed by atoms with Crippen molar-refractivity contribution in [1.29, 1.82) is 0 Å². The summed E-state index contributed by atoms with van der Waals surface area (Å²) in [5.74, 6) is 1.64. The zero-order valence-electron chi connectivity index (χ0n) is 12.4. The van der Waals surface area contributed by atoms with Gasteiger partial charge in [-0.3, -0.25) is 4.79 Å². The standard InChI is InChI=1S/C15H29NO2/c1-12-6-5-7-13(10-12)8-9-16-11-15(2,3)14(17)18-4/h12-13,16H,5-11H2,1-4H3. The van der Waals surface area contributed by atoms with Crippen molar-refractivity contribution >= 4 is 5.97 Å². The Morgan fingerprint density at radius 3 is 2.72 bits per heavy atom. The van der Waals surface area contributed by atoms with Gasteiger partial charge in [0.05, 0.1) is 12.5 Å². The highest BCUT2D eigenvalue weighted by molar-refractivity contribution is 5.76. The van der Waals surface area contributed by atoms with Crippen molar-refractivity contribution in [1.82, 2.24) is 5.32 Å². The number of rotatable bonds is 6. The molecule has 1 N–H and O–H groups in total. The van der Waals surface area contributed by atoms with E-state index < -0.39 is 5.41 Å². The summed E-state index contributed by atoms with van der Waals surface area (Å²) < 4.78 is 4.80. The Hall–Kier alpha value is -0.570. The highest BCUT2D eigenvalue weighted by atomic mass is 16.5. The normalized spacial score (nSPS) is 24.9. The SMILES string of the molecule is COC(=O)C(C)(C)CNCCC1CCCC(C)C1. The minimum atomic E-state index is -0.422. The fraction of sp³-hybridized carbons (Fsp3) is 0.933. The third-order valence-electron chi connectivity index (χ3n) is 4.08. The molecular formula is C15H29NO2. The Balaban J connectivity index is 2.16. The third kappa shape index (κ3) is 4.97. The summed E-state index contributed by atoms with van der Waals surface area (Å²) in [6.45, 7) is 7.92. The van der Waals surface area contributed by atoms with Gasteiger partial charge in [0.25, 0.3) is 0 Å². The zero-order valence-corrected chi connectivity index (χ0v) is 12.4. The highest BCUT2D eigenvalue weighted by Gasteiger charge is 2.28. The van der Waals surface area contributed by atoms with E-state index in [1.807, 2.05) is 13.8 Å². The van der Waals surface area contributed by atoms with E-state index in [2.05, 4.69) is 12.2 Å². The Labute approximate surface area is 112 Å². The van der Waals surface area contributed by atoms with Crippen LogP contribution in [0.15, 0.2) is 0 Å². The Kier molecular flexibility index (Phi) is 6.13. The molecule has 1 aliphatic carbocycles. The van der Waals surface area contributed by atoms with Gasteiger partial charge in [0.2, 0.25) is 0 Å². The number of methoxy groups -OCH3 is 1. The van der Waals surface area contributed by atoms with Crippen molar-refractivity contribution in [2.24, 2.45) is 17.3 Å². The molecule has 0 bridgehead atoms. The van der Waals surface area contributed by atoms with Crippen LogP contribution in [0.3, 0.4) is 0 Å². The lowest BCUT2D eigenvalue weighted by molar-refractivity contribution is -0.150. The molecule has 2 unspecified atom stereocenters. The Morgan fingerprint density at radius 1 is 1.39 bits per heavy atom. The van der Waals surface area contributed by atoms with Crippen LogP contribution >= 0.6 is 0 Å². The van der Waals surface area contributed by atoms with E-state index in [0.717, 1.165) is 18.4 Å². The van der Waals surface area contributed by atoms with E-state index in [1.54, 1.807) is 0 Å². The minimum Gasteiger partial charge on any atom is -0.469 e. The van der Waals surface area contributed by atoms with Crippen molar-refractivity contribution < 1.29 is 9.53 Å². The highest BCUT2D eigenvalue weighted by Crippen LogP contribution is 2.30. The second-order valence-corrected chi connectivity index (χ2v) is 6.48. The van der Waals surface area contributed by atoms with Gasteiger partial charge in [-0.15, -0.1) is 0 Å². The van der Waals surface area contributed by atoms with E-state index in [1.165, 1.54) is 39.2 Å². The molecule has 106 valence electrons. The molecule has 1 rings (SSSR count). The van der Waals surface area contributed by atoms with Gasteiger partial charge in [0.1, 0.15) is 0 Å². The molecule has 1 aliphatic rings. The molecule has 0 spiro atoms. The predicted molar refractivity (Wildman–Crippen MR) is 74.4 cm³/mol. The largest absolute Gasteiger partial charge is 0.469 e. The summed E-state index contributed by atoms with van der Waals surface area (Å²) in [4.78, 5) is 11.5. The molecule has 0 aromatic heterocycles. The van der Waals surface area contributed by atoms with Crippen molar-refractivity contribution in [3.63, 3.8) is 0 Å². The molecule has 0 heterocycles. The van der Waals surface area contributed by atoms with Crippen molar-refractivity contribution in [2.45, 2.75) is 52.9 Å². The average Bonchev–Trinajstić information content (AvgIpc) is 2.33. The molecule has 0 amide bonds. The van der Waals surface area contributed by atoms with Crippen molar-refractivity contribution in [2.75, 3.05) is 20.2 Å². The van der Waals surface area contributed by atoms with Crippen molar-refractivity contribution in [3.05, 3.63) is 0 Å². The number of ether oxygens (including phenoxy) is 1. The first-order chi connectivity index (χ1) is 8.45. The molecule has 1 fully saturated rings. The van der Waals surface area contributed by atoms with Crippen LogP contribution in [0.2, 0.25) is 0 Å². The van der Waals surface area contributed by atoms with Crippen LogP contribution in [0.25, 0.3) is 0 Å². The maximum atomic E-state index is 11.5. The van der Waals surface area contributed by atoms with Gasteiger partial charge in [-0.05, 0) is 45.1 Å². The molecular weight excluding hydrogens is 226 g/mol. The number of esters is 1. The number of hydrogen-bond acceptors (Lipinski definition) is 3.